The predicted molar refractivity (Wildman–Crippen MR) is 78.7 cm³/mol. The molecule has 0 bridgehead atoms. The lowest BCUT2D eigenvalue weighted by atomic mass is 10.1. The lowest BCUT2D eigenvalue weighted by Crippen LogP contribution is -2.39. The maximum absolute atomic E-state index is 12.0. The Morgan fingerprint density at radius 3 is 2.70 bits per heavy atom. The SMILES string of the molecule is CCN(CC(C)C(=O)O)C(=O)COc1cccc(Br)c1. The Hall–Kier alpha value is -1.56. The normalized spacial score (nSPS) is 11.8. The number of hydrogen-bond donors (Lipinski definition) is 1. The highest BCUT2D eigenvalue weighted by Gasteiger charge is 2.19. The molecule has 0 aliphatic carbocycles. The lowest BCUT2D eigenvalue weighted by Gasteiger charge is -2.22. The molecule has 20 heavy (non-hydrogen) atoms. The van der Waals surface area contributed by atoms with E-state index >= 15 is 0 Å². The Morgan fingerprint density at radius 1 is 1.45 bits per heavy atom. The molecular weight excluding hydrogens is 326 g/mol. The van der Waals surface area contributed by atoms with Crippen molar-refractivity contribution < 1.29 is 19.4 Å². The molecule has 0 aliphatic rings. The van der Waals surface area contributed by atoms with Gasteiger partial charge in [0, 0.05) is 17.6 Å². The van der Waals surface area contributed by atoms with E-state index in [2.05, 4.69) is 15.9 Å². The summed E-state index contributed by atoms with van der Waals surface area (Å²) in [5.74, 6) is -1.13. The molecule has 1 amide bonds. The van der Waals surface area contributed by atoms with Crippen LogP contribution in [0, 0.1) is 5.92 Å². The summed E-state index contributed by atoms with van der Waals surface area (Å²) in [4.78, 5) is 24.3. The second-order valence-corrected chi connectivity index (χ2v) is 5.33. The molecule has 0 spiro atoms. The molecule has 0 saturated heterocycles. The molecule has 1 rings (SSSR count). The van der Waals surface area contributed by atoms with Crippen molar-refractivity contribution in [2.75, 3.05) is 19.7 Å². The number of amides is 1. The first-order chi connectivity index (χ1) is 9.43. The summed E-state index contributed by atoms with van der Waals surface area (Å²) in [5, 5.41) is 8.87. The first-order valence-electron chi connectivity index (χ1n) is 6.33. The van der Waals surface area contributed by atoms with Crippen molar-refractivity contribution in [2.24, 2.45) is 5.92 Å². The number of nitrogens with zero attached hydrogens (tertiary/aromatic N) is 1. The first kappa shape index (κ1) is 16.5. The number of carbonyl (C=O) groups is 2. The molecule has 0 heterocycles. The average Bonchev–Trinajstić information content (AvgIpc) is 2.41. The maximum atomic E-state index is 12.0. The number of carboxylic acids is 1. The molecule has 1 atom stereocenters. The molecule has 1 N–H and O–H groups in total. The van der Waals surface area contributed by atoms with Crippen molar-refractivity contribution in [1.29, 1.82) is 0 Å². The van der Waals surface area contributed by atoms with Crippen molar-refractivity contribution in [3.63, 3.8) is 0 Å². The fraction of sp³-hybridized carbons (Fsp3) is 0.429. The summed E-state index contributed by atoms with van der Waals surface area (Å²) in [5.41, 5.74) is 0. The molecule has 6 heteroatoms. The van der Waals surface area contributed by atoms with Gasteiger partial charge in [-0.3, -0.25) is 9.59 Å². The van der Waals surface area contributed by atoms with Gasteiger partial charge in [0.25, 0.3) is 5.91 Å². The number of rotatable bonds is 7. The number of hydrogen-bond acceptors (Lipinski definition) is 3. The number of carbonyl (C=O) groups excluding carboxylic acids is 1. The summed E-state index contributed by atoms with van der Waals surface area (Å²) in [6.45, 7) is 3.93. The molecule has 1 aromatic carbocycles. The number of likely N-dealkylation sites (N-methyl/N-ethyl adjacent to an activating group) is 1. The van der Waals surface area contributed by atoms with E-state index in [4.69, 9.17) is 9.84 Å². The predicted octanol–water partition coefficient (Wildman–Crippen LogP) is 2.40. The van der Waals surface area contributed by atoms with E-state index in [-0.39, 0.29) is 19.1 Å². The summed E-state index contributed by atoms with van der Waals surface area (Å²) in [7, 11) is 0. The number of halogens is 1. The average molecular weight is 344 g/mol. The third-order valence-corrected chi connectivity index (χ3v) is 3.30. The Kier molecular flexibility index (Phi) is 6.51. The van der Waals surface area contributed by atoms with Crippen LogP contribution in [0.4, 0.5) is 0 Å². The van der Waals surface area contributed by atoms with Crippen LogP contribution < -0.4 is 4.74 Å². The third kappa shape index (κ3) is 5.21. The zero-order chi connectivity index (χ0) is 15.1. The first-order valence-corrected chi connectivity index (χ1v) is 7.12. The summed E-state index contributed by atoms with van der Waals surface area (Å²) < 4.78 is 6.27. The maximum Gasteiger partial charge on any atom is 0.308 e. The fourth-order valence-electron chi connectivity index (χ4n) is 1.61. The van der Waals surface area contributed by atoms with Crippen LogP contribution in [0.3, 0.4) is 0 Å². The van der Waals surface area contributed by atoms with Crippen LogP contribution in [-0.2, 0) is 9.59 Å². The smallest absolute Gasteiger partial charge is 0.308 e. The zero-order valence-corrected chi connectivity index (χ0v) is 13.1. The van der Waals surface area contributed by atoms with E-state index in [0.29, 0.717) is 12.3 Å². The van der Waals surface area contributed by atoms with Crippen molar-refractivity contribution in [3.8, 4) is 5.75 Å². The number of aliphatic carboxylic acids is 1. The minimum absolute atomic E-state index is 0.101. The van der Waals surface area contributed by atoms with Gasteiger partial charge in [0.15, 0.2) is 6.61 Å². The number of carboxylic acid groups (broad SMARTS) is 1. The van der Waals surface area contributed by atoms with Crippen molar-refractivity contribution in [1.82, 2.24) is 4.90 Å². The van der Waals surface area contributed by atoms with Gasteiger partial charge >= 0.3 is 5.97 Å². The van der Waals surface area contributed by atoms with Crippen LogP contribution in [0.5, 0.6) is 5.75 Å². The van der Waals surface area contributed by atoms with E-state index in [1.54, 1.807) is 19.1 Å². The Labute approximate surface area is 126 Å². The van der Waals surface area contributed by atoms with Crippen molar-refractivity contribution >= 4 is 27.8 Å². The van der Waals surface area contributed by atoms with Crippen LogP contribution >= 0.6 is 15.9 Å². The molecular formula is C14H18BrNO4. The van der Waals surface area contributed by atoms with Crippen LogP contribution in [0.25, 0.3) is 0 Å². The highest BCUT2D eigenvalue weighted by molar-refractivity contribution is 9.10. The van der Waals surface area contributed by atoms with Crippen LogP contribution in [0.15, 0.2) is 28.7 Å². The molecule has 0 radical (unpaired) electrons. The van der Waals surface area contributed by atoms with E-state index < -0.39 is 11.9 Å². The van der Waals surface area contributed by atoms with Gasteiger partial charge < -0.3 is 14.7 Å². The third-order valence-electron chi connectivity index (χ3n) is 2.81. The highest BCUT2D eigenvalue weighted by Crippen LogP contribution is 2.17. The molecule has 0 saturated carbocycles. The molecule has 110 valence electrons. The number of ether oxygens (including phenoxy) is 1. The minimum atomic E-state index is -0.913. The van der Waals surface area contributed by atoms with E-state index in [1.165, 1.54) is 4.90 Å². The molecule has 1 aromatic rings. The highest BCUT2D eigenvalue weighted by atomic mass is 79.9. The van der Waals surface area contributed by atoms with Gasteiger partial charge in [0.1, 0.15) is 5.75 Å². The molecule has 0 fully saturated rings. The quantitative estimate of drug-likeness (QED) is 0.825. The fourth-order valence-corrected chi connectivity index (χ4v) is 1.99. The summed E-state index contributed by atoms with van der Waals surface area (Å²) in [6.07, 6.45) is 0. The number of benzene rings is 1. The van der Waals surface area contributed by atoms with Crippen molar-refractivity contribution in [2.45, 2.75) is 13.8 Å². The monoisotopic (exact) mass is 343 g/mol. The molecule has 0 aromatic heterocycles. The largest absolute Gasteiger partial charge is 0.484 e. The molecule has 5 nitrogen and oxygen atoms in total. The van der Waals surface area contributed by atoms with Gasteiger partial charge in [-0.15, -0.1) is 0 Å². The van der Waals surface area contributed by atoms with Gasteiger partial charge in [0.2, 0.25) is 0 Å². The van der Waals surface area contributed by atoms with Gasteiger partial charge in [0.05, 0.1) is 5.92 Å². The Bertz CT molecular complexity index is 478. The van der Waals surface area contributed by atoms with Crippen LogP contribution in [0.2, 0.25) is 0 Å². The van der Waals surface area contributed by atoms with Gasteiger partial charge in [-0.2, -0.15) is 0 Å². The van der Waals surface area contributed by atoms with E-state index in [9.17, 15) is 9.59 Å². The topological polar surface area (TPSA) is 66.8 Å². The Morgan fingerprint density at radius 2 is 2.15 bits per heavy atom. The zero-order valence-electron chi connectivity index (χ0n) is 11.5. The van der Waals surface area contributed by atoms with Gasteiger partial charge in [-0.1, -0.05) is 28.9 Å². The van der Waals surface area contributed by atoms with Gasteiger partial charge in [-0.25, -0.2) is 0 Å². The lowest BCUT2D eigenvalue weighted by molar-refractivity contribution is -0.143. The van der Waals surface area contributed by atoms with E-state index in [1.807, 2.05) is 19.1 Å². The minimum Gasteiger partial charge on any atom is -0.484 e. The van der Waals surface area contributed by atoms with Crippen LogP contribution in [-0.4, -0.2) is 41.6 Å². The molecule has 1 unspecified atom stereocenters. The second-order valence-electron chi connectivity index (χ2n) is 4.42. The standard InChI is InChI=1S/C14H18BrNO4/c1-3-16(8-10(2)14(18)19)13(17)9-20-12-6-4-5-11(15)7-12/h4-7,10H,3,8-9H2,1-2H3,(H,18,19). The van der Waals surface area contributed by atoms with Gasteiger partial charge in [-0.05, 0) is 25.1 Å². The summed E-state index contributed by atoms with van der Waals surface area (Å²) >= 11 is 3.32. The second kappa shape index (κ2) is 7.89. The molecule has 0 aliphatic heterocycles. The van der Waals surface area contributed by atoms with E-state index in [0.717, 1.165) is 4.47 Å². The summed E-state index contributed by atoms with van der Waals surface area (Å²) in [6, 6.07) is 7.20. The Balaban J connectivity index is 2.53. The van der Waals surface area contributed by atoms with Crippen molar-refractivity contribution in [3.05, 3.63) is 28.7 Å². The van der Waals surface area contributed by atoms with Crippen LogP contribution in [0.1, 0.15) is 13.8 Å².